The first-order valence-corrected chi connectivity index (χ1v) is 5.47. The number of nitrogens with zero attached hydrogens (tertiary/aromatic N) is 2. The highest BCUT2D eigenvalue weighted by Crippen LogP contribution is 2.35. The molecule has 0 unspecified atom stereocenters. The molecule has 0 aromatic carbocycles. The maximum absolute atomic E-state index is 5.90. The number of alkyl halides is 1. The second-order valence-electron chi connectivity index (χ2n) is 3.62. The molecule has 1 saturated carbocycles. The first kappa shape index (κ1) is 9.99. The molecule has 1 aromatic heterocycles. The van der Waals surface area contributed by atoms with Crippen molar-refractivity contribution in [1.29, 1.82) is 0 Å². The topological polar surface area (TPSA) is 37.8 Å². The fourth-order valence-corrected chi connectivity index (χ4v) is 1.94. The number of aromatic nitrogens is 2. The lowest BCUT2D eigenvalue weighted by Gasteiger charge is -2.40. The van der Waals surface area contributed by atoms with Crippen molar-refractivity contribution in [1.82, 2.24) is 9.97 Å². The Labute approximate surface area is 92.8 Å². The van der Waals surface area contributed by atoms with Crippen molar-refractivity contribution in [3.05, 3.63) is 17.4 Å². The van der Waals surface area contributed by atoms with Crippen LogP contribution in [-0.2, 0) is 0 Å². The van der Waals surface area contributed by atoms with Gasteiger partial charge >= 0.3 is 0 Å². The number of hydrogen-bond acceptors (Lipinski definition) is 3. The van der Waals surface area contributed by atoms with Crippen LogP contribution in [-0.4, -0.2) is 21.4 Å². The molecule has 0 atom stereocenters. The first-order chi connectivity index (χ1) is 6.74. The smallest absolute Gasteiger partial charge is 0.223 e. The first-order valence-electron chi connectivity index (χ1n) is 4.56. The van der Waals surface area contributed by atoms with E-state index in [1.165, 1.54) is 6.42 Å². The van der Waals surface area contributed by atoms with E-state index >= 15 is 0 Å². The molecule has 1 heterocycles. The lowest BCUT2D eigenvalue weighted by molar-refractivity contribution is 0.309. The molecule has 0 radical (unpaired) electrons. The van der Waals surface area contributed by atoms with Gasteiger partial charge in [-0.15, -0.1) is 11.6 Å². The van der Waals surface area contributed by atoms with Crippen LogP contribution in [0.2, 0.25) is 5.02 Å². The average molecular weight is 232 g/mol. The van der Waals surface area contributed by atoms with Gasteiger partial charge in [-0.05, 0) is 19.3 Å². The molecule has 2 rings (SSSR count). The number of halogens is 2. The summed E-state index contributed by atoms with van der Waals surface area (Å²) in [7, 11) is 0. The van der Waals surface area contributed by atoms with Gasteiger partial charge in [0.15, 0.2) is 0 Å². The van der Waals surface area contributed by atoms with Crippen molar-refractivity contribution in [3.8, 4) is 0 Å². The van der Waals surface area contributed by atoms with E-state index in [0.29, 0.717) is 16.9 Å². The summed E-state index contributed by atoms with van der Waals surface area (Å²) < 4.78 is 0. The Hall–Kier alpha value is -0.540. The lowest BCUT2D eigenvalue weighted by Crippen LogP contribution is -2.47. The third-order valence-corrected chi connectivity index (χ3v) is 3.27. The van der Waals surface area contributed by atoms with Gasteiger partial charge in [0.1, 0.15) is 0 Å². The maximum Gasteiger partial charge on any atom is 0.223 e. The molecule has 14 heavy (non-hydrogen) atoms. The molecular weight excluding hydrogens is 221 g/mol. The van der Waals surface area contributed by atoms with Gasteiger partial charge in [0.2, 0.25) is 5.95 Å². The van der Waals surface area contributed by atoms with E-state index in [4.69, 9.17) is 23.2 Å². The highest BCUT2D eigenvalue weighted by Gasteiger charge is 2.36. The van der Waals surface area contributed by atoms with Gasteiger partial charge < -0.3 is 5.32 Å². The van der Waals surface area contributed by atoms with Gasteiger partial charge in [-0.25, -0.2) is 9.97 Å². The monoisotopic (exact) mass is 231 g/mol. The number of anilines is 1. The Kier molecular flexibility index (Phi) is 2.79. The van der Waals surface area contributed by atoms with Crippen LogP contribution < -0.4 is 5.32 Å². The third kappa shape index (κ3) is 1.93. The van der Waals surface area contributed by atoms with Crippen molar-refractivity contribution >= 4 is 29.2 Å². The fourth-order valence-electron chi connectivity index (χ4n) is 1.51. The Bertz CT molecular complexity index is 303. The van der Waals surface area contributed by atoms with Crippen molar-refractivity contribution in [2.24, 2.45) is 0 Å². The standard InChI is InChI=1S/C9H11Cl2N3/c10-6-9(2-1-3-9)14-8-12-4-7(11)5-13-8/h4-5H,1-3,6H2,(H,12,13,14). The van der Waals surface area contributed by atoms with E-state index in [1.54, 1.807) is 12.4 Å². The predicted molar refractivity (Wildman–Crippen MR) is 58.0 cm³/mol. The minimum atomic E-state index is 0.00931. The van der Waals surface area contributed by atoms with E-state index < -0.39 is 0 Å². The summed E-state index contributed by atoms with van der Waals surface area (Å²) >= 11 is 11.6. The Morgan fingerprint density at radius 1 is 1.36 bits per heavy atom. The van der Waals surface area contributed by atoms with Crippen molar-refractivity contribution in [3.63, 3.8) is 0 Å². The summed E-state index contributed by atoms with van der Waals surface area (Å²) in [5, 5.41) is 3.80. The fraction of sp³-hybridized carbons (Fsp3) is 0.556. The number of hydrogen-bond donors (Lipinski definition) is 1. The Morgan fingerprint density at radius 3 is 2.43 bits per heavy atom. The molecule has 0 amide bonds. The molecular formula is C9H11Cl2N3. The largest absolute Gasteiger partial charge is 0.348 e. The molecule has 1 N–H and O–H groups in total. The molecule has 0 saturated heterocycles. The van der Waals surface area contributed by atoms with Crippen molar-refractivity contribution < 1.29 is 0 Å². The SMILES string of the molecule is ClCC1(Nc2ncc(Cl)cn2)CCC1. The minimum Gasteiger partial charge on any atom is -0.348 e. The zero-order valence-electron chi connectivity index (χ0n) is 7.63. The number of nitrogens with one attached hydrogen (secondary N) is 1. The second-order valence-corrected chi connectivity index (χ2v) is 4.32. The normalized spacial score (nSPS) is 18.7. The second kappa shape index (κ2) is 3.91. The van der Waals surface area contributed by atoms with Crippen LogP contribution in [0, 0.1) is 0 Å². The van der Waals surface area contributed by atoms with Gasteiger partial charge in [0.05, 0.1) is 23.0 Å². The molecule has 76 valence electrons. The van der Waals surface area contributed by atoms with Crippen LogP contribution >= 0.6 is 23.2 Å². The molecule has 3 nitrogen and oxygen atoms in total. The van der Waals surface area contributed by atoms with Gasteiger partial charge in [-0.2, -0.15) is 0 Å². The zero-order chi connectivity index (χ0) is 10.0. The minimum absolute atomic E-state index is 0.00931. The lowest BCUT2D eigenvalue weighted by atomic mass is 9.78. The van der Waals surface area contributed by atoms with E-state index in [0.717, 1.165) is 12.8 Å². The molecule has 1 aliphatic rings. The van der Waals surface area contributed by atoms with Crippen LogP contribution in [0.15, 0.2) is 12.4 Å². The van der Waals surface area contributed by atoms with Crippen molar-refractivity contribution in [2.75, 3.05) is 11.2 Å². The Morgan fingerprint density at radius 2 is 2.00 bits per heavy atom. The van der Waals surface area contributed by atoms with Crippen LogP contribution in [0.4, 0.5) is 5.95 Å². The van der Waals surface area contributed by atoms with E-state index in [1.807, 2.05) is 0 Å². The van der Waals surface area contributed by atoms with E-state index in [-0.39, 0.29) is 5.54 Å². The van der Waals surface area contributed by atoms with Crippen LogP contribution in [0.1, 0.15) is 19.3 Å². The van der Waals surface area contributed by atoms with Gasteiger partial charge in [0.25, 0.3) is 0 Å². The molecule has 0 spiro atoms. The van der Waals surface area contributed by atoms with Crippen LogP contribution in [0.5, 0.6) is 0 Å². The molecule has 1 aromatic rings. The van der Waals surface area contributed by atoms with E-state index in [9.17, 15) is 0 Å². The maximum atomic E-state index is 5.90. The zero-order valence-corrected chi connectivity index (χ0v) is 9.15. The number of rotatable bonds is 3. The molecule has 1 aliphatic carbocycles. The quantitative estimate of drug-likeness (QED) is 0.814. The summed E-state index contributed by atoms with van der Waals surface area (Å²) in [4.78, 5) is 8.16. The third-order valence-electron chi connectivity index (χ3n) is 2.56. The highest BCUT2D eigenvalue weighted by molar-refractivity contribution is 6.30. The molecule has 1 fully saturated rings. The molecule has 0 bridgehead atoms. The summed E-state index contributed by atoms with van der Waals surface area (Å²) in [6, 6.07) is 0. The van der Waals surface area contributed by atoms with Crippen LogP contribution in [0.3, 0.4) is 0 Å². The van der Waals surface area contributed by atoms with Crippen molar-refractivity contribution in [2.45, 2.75) is 24.8 Å². The summed E-state index contributed by atoms with van der Waals surface area (Å²) in [6.45, 7) is 0. The Balaban J connectivity index is 2.06. The molecule has 0 aliphatic heterocycles. The summed E-state index contributed by atoms with van der Waals surface area (Å²) in [5.74, 6) is 1.20. The van der Waals surface area contributed by atoms with Crippen LogP contribution in [0.25, 0.3) is 0 Å². The van der Waals surface area contributed by atoms with E-state index in [2.05, 4.69) is 15.3 Å². The molecule has 5 heteroatoms. The predicted octanol–water partition coefficient (Wildman–Crippen LogP) is 2.70. The average Bonchev–Trinajstić information content (AvgIpc) is 2.15. The summed E-state index contributed by atoms with van der Waals surface area (Å²) in [6.07, 6.45) is 6.55. The van der Waals surface area contributed by atoms with Gasteiger partial charge in [-0.1, -0.05) is 11.6 Å². The summed E-state index contributed by atoms with van der Waals surface area (Å²) in [5.41, 5.74) is 0.00931. The highest BCUT2D eigenvalue weighted by atomic mass is 35.5. The van der Waals surface area contributed by atoms with Gasteiger partial charge in [-0.3, -0.25) is 0 Å². The van der Waals surface area contributed by atoms with Gasteiger partial charge in [0, 0.05) is 5.88 Å².